The second kappa shape index (κ2) is 5.34. The van der Waals surface area contributed by atoms with Gasteiger partial charge in [-0.2, -0.15) is 0 Å². The van der Waals surface area contributed by atoms with Crippen molar-refractivity contribution in [3.05, 3.63) is 42.2 Å². The van der Waals surface area contributed by atoms with Crippen LogP contribution in [0.15, 0.2) is 36.5 Å². The van der Waals surface area contributed by atoms with Crippen molar-refractivity contribution < 1.29 is 5.11 Å². The summed E-state index contributed by atoms with van der Waals surface area (Å²) in [5.74, 6) is 0. The summed E-state index contributed by atoms with van der Waals surface area (Å²) in [5.41, 5.74) is 0.898. The van der Waals surface area contributed by atoms with E-state index < -0.39 is 5.60 Å². The lowest BCUT2D eigenvalue weighted by Gasteiger charge is -2.35. The van der Waals surface area contributed by atoms with Crippen molar-refractivity contribution in [2.75, 3.05) is 7.05 Å². The number of nitrogens with zero attached hydrogens (tertiary/aromatic N) is 3. The second-order valence-electron chi connectivity index (χ2n) is 5.46. The summed E-state index contributed by atoms with van der Waals surface area (Å²) in [4.78, 5) is 0. The van der Waals surface area contributed by atoms with Crippen LogP contribution >= 0.6 is 0 Å². The Morgan fingerprint density at radius 3 is 2.60 bits per heavy atom. The number of aromatic nitrogens is 3. The first kappa shape index (κ1) is 13.3. The van der Waals surface area contributed by atoms with Gasteiger partial charge in [-0.15, -0.1) is 5.10 Å². The number of hydrogen-bond donors (Lipinski definition) is 2. The molecule has 3 rings (SSSR count). The van der Waals surface area contributed by atoms with Gasteiger partial charge >= 0.3 is 0 Å². The molecule has 5 nitrogen and oxygen atoms in total. The van der Waals surface area contributed by atoms with Crippen molar-refractivity contribution in [2.45, 2.75) is 37.3 Å². The van der Waals surface area contributed by atoms with E-state index in [-0.39, 0.29) is 0 Å². The standard InChI is InChI=1S/C15H20N4O/c1-16-12-7-9-15(20,10-8-12)14-11-17-18-19(14)13-5-3-2-4-6-13/h2-6,11-12,16,20H,7-10H2,1H3. The molecule has 1 saturated carbocycles. The van der Waals surface area contributed by atoms with E-state index in [9.17, 15) is 5.11 Å². The fourth-order valence-electron chi connectivity index (χ4n) is 2.95. The van der Waals surface area contributed by atoms with E-state index in [1.54, 1.807) is 10.9 Å². The fourth-order valence-corrected chi connectivity index (χ4v) is 2.95. The Hall–Kier alpha value is -1.72. The molecular weight excluding hydrogens is 252 g/mol. The summed E-state index contributed by atoms with van der Waals surface area (Å²) in [7, 11) is 1.98. The van der Waals surface area contributed by atoms with Crippen LogP contribution in [0.1, 0.15) is 31.4 Å². The molecule has 2 N–H and O–H groups in total. The van der Waals surface area contributed by atoms with Gasteiger partial charge in [0.1, 0.15) is 5.60 Å². The van der Waals surface area contributed by atoms with Crippen molar-refractivity contribution in [3.8, 4) is 5.69 Å². The van der Waals surface area contributed by atoms with Crippen molar-refractivity contribution >= 4 is 0 Å². The van der Waals surface area contributed by atoms with E-state index >= 15 is 0 Å². The van der Waals surface area contributed by atoms with Crippen LogP contribution in [0.2, 0.25) is 0 Å². The first-order valence-electron chi connectivity index (χ1n) is 7.09. The lowest BCUT2D eigenvalue weighted by molar-refractivity contribution is -0.0135. The van der Waals surface area contributed by atoms with Crippen molar-refractivity contribution in [3.63, 3.8) is 0 Å². The van der Waals surface area contributed by atoms with Gasteiger partial charge < -0.3 is 10.4 Å². The SMILES string of the molecule is CNC1CCC(O)(c2cnnn2-c2ccccc2)CC1. The average Bonchev–Trinajstić information content (AvgIpc) is 2.99. The van der Waals surface area contributed by atoms with Gasteiger partial charge in [-0.1, -0.05) is 23.4 Å². The zero-order valence-corrected chi connectivity index (χ0v) is 11.7. The maximum Gasteiger partial charge on any atom is 0.108 e. The van der Waals surface area contributed by atoms with Crippen molar-refractivity contribution in [1.29, 1.82) is 0 Å². The largest absolute Gasteiger partial charge is 0.383 e. The Balaban J connectivity index is 1.90. The van der Waals surface area contributed by atoms with Crippen LogP contribution in [0.25, 0.3) is 5.69 Å². The van der Waals surface area contributed by atoms with E-state index in [4.69, 9.17) is 0 Å². The van der Waals surface area contributed by atoms with Crippen LogP contribution in [-0.4, -0.2) is 33.2 Å². The Labute approximate surface area is 118 Å². The Morgan fingerprint density at radius 1 is 1.25 bits per heavy atom. The molecule has 1 fully saturated rings. The van der Waals surface area contributed by atoms with Gasteiger partial charge in [0.05, 0.1) is 17.6 Å². The number of aliphatic hydroxyl groups is 1. The minimum Gasteiger partial charge on any atom is -0.383 e. The summed E-state index contributed by atoms with van der Waals surface area (Å²) < 4.78 is 1.75. The number of nitrogens with one attached hydrogen (secondary N) is 1. The topological polar surface area (TPSA) is 63.0 Å². The highest BCUT2D eigenvalue weighted by Gasteiger charge is 2.37. The molecule has 20 heavy (non-hydrogen) atoms. The lowest BCUT2D eigenvalue weighted by Crippen LogP contribution is -2.39. The molecular formula is C15H20N4O. The lowest BCUT2D eigenvalue weighted by atomic mass is 9.80. The van der Waals surface area contributed by atoms with E-state index in [1.165, 1.54) is 0 Å². The van der Waals surface area contributed by atoms with E-state index in [0.717, 1.165) is 37.1 Å². The second-order valence-corrected chi connectivity index (χ2v) is 5.46. The minimum absolute atomic E-state index is 0.497. The summed E-state index contributed by atoms with van der Waals surface area (Å²) in [5, 5.41) is 22.4. The van der Waals surface area contributed by atoms with Gasteiger partial charge in [0, 0.05) is 6.04 Å². The minimum atomic E-state index is -0.827. The third-order valence-electron chi connectivity index (χ3n) is 4.25. The average molecular weight is 272 g/mol. The Kier molecular flexibility index (Phi) is 3.54. The summed E-state index contributed by atoms with van der Waals surface area (Å²) in [6.45, 7) is 0. The van der Waals surface area contributed by atoms with Gasteiger partial charge in [-0.05, 0) is 44.9 Å². The quantitative estimate of drug-likeness (QED) is 0.891. The van der Waals surface area contributed by atoms with Gasteiger partial charge in [0.25, 0.3) is 0 Å². The molecule has 0 atom stereocenters. The van der Waals surface area contributed by atoms with Gasteiger partial charge in [0.15, 0.2) is 0 Å². The van der Waals surface area contributed by atoms with Crippen LogP contribution in [0.3, 0.4) is 0 Å². The maximum absolute atomic E-state index is 11.0. The molecule has 0 aliphatic heterocycles. The molecule has 1 aromatic carbocycles. The monoisotopic (exact) mass is 272 g/mol. The molecule has 0 unspecified atom stereocenters. The molecule has 0 amide bonds. The number of benzene rings is 1. The Bertz CT molecular complexity index is 558. The van der Waals surface area contributed by atoms with Crippen LogP contribution in [0.5, 0.6) is 0 Å². The van der Waals surface area contributed by atoms with Crippen LogP contribution in [0.4, 0.5) is 0 Å². The molecule has 0 spiro atoms. The molecule has 1 heterocycles. The third-order valence-corrected chi connectivity index (χ3v) is 4.25. The highest BCUT2D eigenvalue weighted by Crippen LogP contribution is 2.37. The fraction of sp³-hybridized carbons (Fsp3) is 0.467. The van der Waals surface area contributed by atoms with Crippen molar-refractivity contribution in [1.82, 2.24) is 20.3 Å². The van der Waals surface area contributed by atoms with E-state index in [0.29, 0.717) is 6.04 Å². The molecule has 0 bridgehead atoms. The molecule has 5 heteroatoms. The smallest absolute Gasteiger partial charge is 0.108 e. The molecule has 1 aromatic heterocycles. The van der Waals surface area contributed by atoms with Gasteiger partial charge in [0.2, 0.25) is 0 Å². The van der Waals surface area contributed by atoms with E-state index in [1.807, 2.05) is 37.4 Å². The molecule has 0 radical (unpaired) electrons. The highest BCUT2D eigenvalue weighted by molar-refractivity contribution is 5.33. The number of rotatable bonds is 3. The van der Waals surface area contributed by atoms with E-state index in [2.05, 4.69) is 15.6 Å². The maximum atomic E-state index is 11.0. The first-order valence-corrected chi connectivity index (χ1v) is 7.09. The molecule has 1 aliphatic carbocycles. The first-order chi connectivity index (χ1) is 9.73. The molecule has 0 saturated heterocycles. The Morgan fingerprint density at radius 2 is 1.95 bits per heavy atom. The summed E-state index contributed by atoms with van der Waals surface area (Å²) >= 11 is 0. The number of para-hydroxylation sites is 1. The van der Waals surface area contributed by atoms with Gasteiger partial charge in [-0.25, -0.2) is 4.68 Å². The zero-order valence-electron chi connectivity index (χ0n) is 11.7. The summed E-state index contributed by atoms with van der Waals surface area (Å²) in [6, 6.07) is 10.3. The molecule has 2 aromatic rings. The van der Waals surface area contributed by atoms with Crippen LogP contribution < -0.4 is 5.32 Å². The van der Waals surface area contributed by atoms with Crippen LogP contribution in [0, 0.1) is 0 Å². The number of hydrogen-bond acceptors (Lipinski definition) is 4. The predicted molar refractivity (Wildman–Crippen MR) is 76.6 cm³/mol. The summed E-state index contributed by atoms with van der Waals surface area (Å²) in [6.07, 6.45) is 5.09. The molecule has 106 valence electrons. The zero-order chi connectivity index (χ0) is 14.0. The predicted octanol–water partition coefficient (Wildman–Crippen LogP) is 1.62. The van der Waals surface area contributed by atoms with Crippen LogP contribution in [-0.2, 0) is 5.60 Å². The third kappa shape index (κ3) is 2.34. The normalized spacial score (nSPS) is 26.6. The van der Waals surface area contributed by atoms with Crippen molar-refractivity contribution in [2.24, 2.45) is 0 Å². The van der Waals surface area contributed by atoms with Gasteiger partial charge in [-0.3, -0.25) is 0 Å². The molecule has 1 aliphatic rings. The highest BCUT2D eigenvalue weighted by atomic mass is 16.3.